The summed E-state index contributed by atoms with van der Waals surface area (Å²) in [6.07, 6.45) is -3.32. The van der Waals surface area contributed by atoms with E-state index in [4.69, 9.17) is 14.2 Å². The van der Waals surface area contributed by atoms with Gasteiger partial charge in [0, 0.05) is 22.8 Å². The largest absolute Gasteiger partial charge is 0.459 e. The second-order valence-electron chi connectivity index (χ2n) is 11.3. The molecular formula is C25H32O9. The lowest BCUT2D eigenvalue weighted by Gasteiger charge is -2.68. The van der Waals surface area contributed by atoms with Gasteiger partial charge in [0.1, 0.15) is 23.9 Å². The van der Waals surface area contributed by atoms with E-state index in [1.165, 1.54) is 12.2 Å². The molecule has 5 rings (SSSR count). The van der Waals surface area contributed by atoms with Crippen molar-refractivity contribution in [3.8, 4) is 0 Å². The van der Waals surface area contributed by atoms with Crippen LogP contribution in [0.4, 0.5) is 0 Å². The molecule has 0 aromatic heterocycles. The predicted molar refractivity (Wildman–Crippen MR) is 116 cm³/mol. The van der Waals surface area contributed by atoms with Crippen molar-refractivity contribution in [1.82, 2.24) is 0 Å². The quantitative estimate of drug-likeness (QED) is 0.383. The molecule has 0 aromatic rings. The SMILES string of the molecule is CC(C)=CC(=O)O[C@H]1C(=O)OC2CC3C(C)=CC(=O)[C@@H](O)[C@]3(C)C3[C@@H](O)[C@H](O)[C@]4(C)OC[C@@]23C14. The number of ether oxygens (including phenoxy) is 3. The van der Waals surface area contributed by atoms with Gasteiger partial charge in [-0.3, -0.25) is 4.79 Å². The Morgan fingerprint density at radius 3 is 2.50 bits per heavy atom. The normalized spacial score (nSPS) is 51.0. The fourth-order valence-corrected chi connectivity index (χ4v) is 8.07. The highest BCUT2D eigenvalue weighted by molar-refractivity contribution is 5.96. The summed E-state index contributed by atoms with van der Waals surface area (Å²) in [6.45, 7) is 8.61. The maximum Gasteiger partial charge on any atom is 0.348 e. The summed E-state index contributed by atoms with van der Waals surface area (Å²) in [5.41, 5.74) is -2.21. The highest BCUT2D eigenvalue weighted by Crippen LogP contribution is 2.72. The highest BCUT2D eigenvalue weighted by atomic mass is 16.6. The van der Waals surface area contributed by atoms with Crippen LogP contribution in [0.1, 0.15) is 41.0 Å². The molecule has 3 aliphatic carbocycles. The fourth-order valence-electron chi connectivity index (χ4n) is 8.07. The summed E-state index contributed by atoms with van der Waals surface area (Å²) < 4.78 is 17.6. The minimum absolute atomic E-state index is 0.0214. The van der Waals surface area contributed by atoms with Crippen LogP contribution >= 0.6 is 0 Å². The second kappa shape index (κ2) is 7.22. The van der Waals surface area contributed by atoms with Crippen LogP contribution in [0.2, 0.25) is 0 Å². The van der Waals surface area contributed by atoms with Crippen molar-refractivity contribution in [2.24, 2.45) is 28.6 Å². The lowest BCUT2D eigenvalue weighted by molar-refractivity contribution is -0.297. The van der Waals surface area contributed by atoms with Crippen LogP contribution in [0.3, 0.4) is 0 Å². The van der Waals surface area contributed by atoms with Crippen LogP contribution in [0.15, 0.2) is 23.3 Å². The summed E-state index contributed by atoms with van der Waals surface area (Å²) in [5.74, 6) is -3.97. The van der Waals surface area contributed by atoms with E-state index in [-0.39, 0.29) is 12.5 Å². The molecule has 9 nitrogen and oxygen atoms in total. The average molecular weight is 477 g/mol. The number of ketones is 1. The number of allylic oxidation sites excluding steroid dienone is 2. The molecule has 1 spiro atoms. The number of carbonyl (C=O) groups excluding carboxylic acids is 3. The third-order valence-electron chi connectivity index (χ3n) is 9.35. The number of aliphatic hydroxyl groups excluding tert-OH is 3. The summed E-state index contributed by atoms with van der Waals surface area (Å²) in [4.78, 5) is 38.5. The topological polar surface area (TPSA) is 140 Å². The van der Waals surface area contributed by atoms with E-state index in [1.807, 2.05) is 0 Å². The molecule has 2 heterocycles. The van der Waals surface area contributed by atoms with Crippen molar-refractivity contribution in [1.29, 1.82) is 0 Å². The first-order chi connectivity index (χ1) is 15.8. The molecule has 186 valence electrons. The van der Waals surface area contributed by atoms with Gasteiger partial charge in [-0.15, -0.1) is 0 Å². The summed E-state index contributed by atoms with van der Waals surface area (Å²) in [7, 11) is 0. The molecule has 0 radical (unpaired) electrons. The lowest BCUT2D eigenvalue weighted by Crippen LogP contribution is -2.78. The first-order valence-corrected chi connectivity index (χ1v) is 11.8. The van der Waals surface area contributed by atoms with Crippen molar-refractivity contribution in [3.05, 3.63) is 23.3 Å². The van der Waals surface area contributed by atoms with Gasteiger partial charge in [0.15, 0.2) is 5.78 Å². The van der Waals surface area contributed by atoms with Crippen molar-refractivity contribution in [2.45, 2.75) is 77.2 Å². The minimum atomic E-state index is -1.45. The minimum Gasteiger partial charge on any atom is -0.459 e. The van der Waals surface area contributed by atoms with Gasteiger partial charge in [-0.25, -0.2) is 9.59 Å². The lowest BCUT2D eigenvalue weighted by atomic mass is 9.38. The van der Waals surface area contributed by atoms with E-state index in [1.54, 1.807) is 34.6 Å². The van der Waals surface area contributed by atoms with Crippen molar-refractivity contribution < 1.29 is 43.9 Å². The van der Waals surface area contributed by atoms with Gasteiger partial charge in [0.25, 0.3) is 0 Å². The van der Waals surface area contributed by atoms with Gasteiger partial charge in [-0.05, 0) is 46.1 Å². The number of rotatable bonds is 2. The van der Waals surface area contributed by atoms with Gasteiger partial charge in [0.2, 0.25) is 6.10 Å². The van der Waals surface area contributed by atoms with Gasteiger partial charge in [0.05, 0.1) is 18.6 Å². The van der Waals surface area contributed by atoms with Gasteiger partial charge in [-0.2, -0.15) is 0 Å². The molecular weight excluding hydrogens is 444 g/mol. The number of hydrogen-bond donors (Lipinski definition) is 3. The zero-order valence-corrected chi connectivity index (χ0v) is 20.0. The second-order valence-corrected chi connectivity index (χ2v) is 11.3. The molecule has 2 saturated carbocycles. The van der Waals surface area contributed by atoms with E-state index in [2.05, 4.69) is 0 Å². The van der Waals surface area contributed by atoms with Crippen LogP contribution < -0.4 is 0 Å². The van der Waals surface area contributed by atoms with Crippen molar-refractivity contribution in [3.63, 3.8) is 0 Å². The Labute approximate surface area is 197 Å². The summed E-state index contributed by atoms with van der Waals surface area (Å²) >= 11 is 0. The maximum atomic E-state index is 13.2. The van der Waals surface area contributed by atoms with E-state index < -0.39 is 76.5 Å². The fraction of sp³-hybridized carbons (Fsp3) is 0.720. The first-order valence-electron chi connectivity index (χ1n) is 11.8. The Morgan fingerprint density at radius 1 is 1.18 bits per heavy atom. The predicted octanol–water partition coefficient (Wildman–Crippen LogP) is 0.449. The number of carbonyl (C=O) groups is 3. The third-order valence-corrected chi connectivity index (χ3v) is 9.35. The van der Waals surface area contributed by atoms with Crippen LogP contribution in [-0.4, -0.2) is 75.8 Å². The Morgan fingerprint density at radius 2 is 1.85 bits per heavy atom. The maximum absolute atomic E-state index is 13.2. The standard InChI is InChI=1S/C25H32O9/c1-10(2)6-15(27)34-17-19-24(5)21(30)16(28)18-23(4)12(11(3)7-13(26)20(23)29)8-14(33-22(17)31)25(18,19)9-32-24/h6-7,12,14,16-21,28-30H,8-9H2,1-5H3/t12?,14?,16-,17-,18?,19?,20-,21+,23+,24-,25-/m1/s1. The summed E-state index contributed by atoms with van der Waals surface area (Å²) in [6, 6.07) is 0. The first kappa shape index (κ1) is 23.7. The van der Waals surface area contributed by atoms with E-state index in [0.717, 1.165) is 5.57 Å². The van der Waals surface area contributed by atoms with Crippen LogP contribution in [0.5, 0.6) is 0 Å². The number of aliphatic hydroxyl groups is 3. The Bertz CT molecular complexity index is 1030. The summed E-state index contributed by atoms with van der Waals surface area (Å²) in [5, 5.41) is 34.0. The zero-order valence-electron chi connectivity index (χ0n) is 20.0. The average Bonchev–Trinajstić information content (AvgIpc) is 3.01. The molecule has 5 aliphatic rings. The molecule has 0 aromatic carbocycles. The van der Waals surface area contributed by atoms with Crippen molar-refractivity contribution >= 4 is 17.7 Å². The number of hydrogen-bond acceptors (Lipinski definition) is 9. The molecule has 34 heavy (non-hydrogen) atoms. The number of fused-ring (bicyclic) bond motifs is 2. The molecule has 9 heteroatoms. The van der Waals surface area contributed by atoms with E-state index >= 15 is 0 Å². The van der Waals surface area contributed by atoms with E-state index in [0.29, 0.717) is 12.0 Å². The van der Waals surface area contributed by atoms with Crippen LogP contribution in [0.25, 0.3) is 0 Å². The molecule has 0 amide bonds. The molecule has 3 N–H and O–H groups in total. The molecule has 2 aliphatic heterocycles. The number of esters is 2. The van der Waals surface area contributed by atoms with Crippen LogP contribution in [0, 0.1) is 28.6 Å². The van der Waals surface area contributed by atoms with Gasteiger partial charge in [-0.1, -0.05) is 18.1 Å². The van der Waals surface area contributed by atoms with Gasteiger partial charge < -0.3 is 29.5 Å². The smallest absolute Gasteiger partial charge is 0.348 e. The third kappa shape index (κ3) is 2.67. The van der Waals surface area contributed by atoms with Crippen molar-refractivity contribution in [2.75, 3.05) is 6.61 Å². The van der Waals surface area contributed by atoms with Gasteiger partial charge >= 0.3 is 11.9 Å². The Balaban J connectivity index is 1.70. The Hall–Kier alpha value is -2.07. The van der Waals surface area contributed by atoms with E-state index in [9.17, 15) is 29.7 Å². The Kier molecular flexibility index (Phi) is 5.03. The zero-order chi connectivity index (χ0) is 25.0. The molecule has 2 saturated heterocycles. The highest BCUT2D eigenvalue weighted by Gasteiger charge is 2.82. The molecule has 4 unspecified atom stereocenters. The molecule has 11 atom stereocenters. The molecule has 4 fully saturated rings. The van der Waals surface area contributed by atoms with Crippen LogP contribution in [-0.2, 0) is 28.6 Å². The monoisotopic (exact) mass is 476 g/mol. The molecule has 2 bridgehead atoms.